The Bertz CT molecular complexity index is 819. The zero-order valence-electron chi connectivity index (χ0n) is 14.6. The van der Waals surface area contributed by atoms with Gasteiger partial charge in [0.1, 0.15) is 17.7 Å². The van der Waals surface area contributed by atoms with Gasteiger partial charge in [0.15, 0.2) is 5.96 Å². The molecule has 2 aromatic rings. The molecule has 26 heavy (non-hydrogen) atoms. The van der Waals surface area contributed by atoms with Crippen molar-refractivity contribution in [3.8, 4) is 11.8 Å². The molecule has 3 rings (SSSR count). The van der Waals surface area contributed by atoms with Gasteiger partial charge in [-0.25, -0.2) is 9.38 Å². The van der Waals surface area contributed by atoms with Crippen LogP contribution < -0.4 is 15.4 Å². The number of aliphatic imine (C=N–C) groups is 1. The molecule has 1 aliphatic rings. The summed E-state index contributed by atoms with van der Waals surface area (Å²) >= 11 is 0. The molecule has 1 aliphatic heterocycles. The Kier molecular flexibility index (Phi) is 5.69. The standard InChI is InChI=1S/C20H21FN4O/c1-2-23-20(24-12-16-9-14(11-22)7-8-18(16)21)25-13-17-10-15-5-3-4-6-19(15)26-17/h3-9,17H,2,10,12-13H2,1H3,(H2,23,24,25). The normalized spacial score (nSPS) is 15.7. The minimum Gasteiger partial charge on any atom is -0.488 e. The van der Waals surface area contributed by atoms with E-state index in [4.69, 9.17) is 10.00 Å². The van der Waals surface area contributed by atoms with E-state index >= 15 is 0 Å². The number of ether oxygens (including phenoxy) is 1. The summed E-state index contributed by atoms with van der Waals surface area (Å²) in [6, 6.07) is 14.3. The molecule has 0 saturated carbocycles. The molecule has 0 amide bonds. The lowest BCUT2D eigenvalue weighted by Crippen LogP contribution is -2.42. The topological polar surface area (TPSA) is 69.4 Å². The highest BCUT2D eigenvalue weighted by Crippen LogP contribution is 2.27. The zero-order valence-corrected chi connectivity index (χ0v) is 14.6. The van der Waals surface area contributed by atoms with Gasteiger partial charge < -0.3 is 15.4 Å². The van der Waals surface area contributed by atoms with E-state index in [0.717, 1.165) is 12.2 Å². The molecule has 2 aromatic carbocycles. The van der Waals surface area contributed by atoms with Gasteiger partial charge in [-0.2, -0.15) is 5.26 Å². The fourth-order valence-corrected chi connectivity index (χ4v) is 2.85. The number of nitriles is 1. The van der Waals surface area contributed by atoms with Gasteiger partial charge in [0, 0.05) is 18.5 Å². The van der Waals surface area contributed by atoms with E-state index < -0.39 is 0 Å². The van der Waals surface area contributed by atoms with Crippen molar-refractivity contribution in [2.75, 3.05) is 13.1 Å². The molecule has 1 unspecified atom stereocenters. The maximum Gasteiger partial charge on any atom is 0.191 e. The summed E-state index contributed by atoms with van der Waals surface area (Å²) in [6.45, 7) is 3.41. The second-order valence-electron chi connectivity index (χ2n) is 6.05. The van der Waals surface area contributed by atoms with Gasteiger partial charge in [-0.1, -0.05) is 18.2 Å². The zero-order chi connectivity index (χ0) is 18.4. The molecule has 0 fully saturated rings. The second kappa shape index (κ2) is 8.34. The van der Waals surface area contributed by atoms with Crippen LogP contribution in [0, 0.1) is 17.1 Å². The summed E-state index contributed by atoms with van der Waals surface area (Å²) in [5, 5.41) is 15.3. The Labute approximate surface area is 152 Å². The highest BCUT2D eigenvalue weighted by molar-refractivity contribution is 5.79. The van der Waals surface area contributed by atoms with Crippen LogP contribution in [0.5, 0.6) is 5.75 Å². The quantitative estimate of drug-likeness (QED) is 0.641. The van der Waals surface area contributed by atoms with Gasteiger partial charge in [-0.3, -0.25) is 0 Å². The SMILES string of the molecule is CCNC(=NCc1cc(C#N)ccc1F)NCC1Cc2ccccc2O1. The lowest BCUT2D eigenvalue weighted by molar-refractivity contribution is 0.235. The lowest BCUT2D eigenvalue weighted by Gasteiger charge is -2.15. The Morgan fingerprint density at radius 3 is 2.92 bits per heavy atom. The van der Waals surface area contributed by atoms with Crippen LogP contribution in [0.4, 0.5) is 4.39 Å². The molecule has 0 radical (unpaired) electrons. The predicted molar refractivity (Wildman–Crippen MR) is 98.5 cm³/mol. The first-order valence-electron chi connectivity index (χ1n) is 8.65. The van der Waals surface area contributed by atoms with Crippen LogP contribution >= 0.6 is 0 Å². The molecule has 0 bridgehead atoms. The molecule has 5 nitrogen and oxygen atoms in total. The summed E-state index contributed by atoms with van der Waals surface area (Å²) in [5.74, 6) is 1.16. The predicted octanol–water partition coefficient (Wildman–Crippen LogP) is 2.76. The largest absolute Gasteiger partial charge is 0.488 e. The highest BCUT2D eigenvalue weighted by atomic mass is 19.1. The van der Waals surface area contributed by atoms with Crippen LogP contribution in [0.3, 0.4) is 0 Å². The van der Waals surface area contributed by atoms with Crippen molar-refractivity contribution in [2.24, 2.45) is 4.99 Å². The molecule has 6 heteroatoms. The molecule has 0 aromatic heterocycles. The van der Waals surface area contributed by atoms with Crippen LogP contribution in [-0.4, -0.2) is 25.2 Å². The van der Waals surface area contributed by atoms with Crippen LogP contribution in [0.1, 0.15) is 23.6 Å². The molecular weight excluding hydrogens is 331 g/mol. The maximum absolute atomic E-state index is 13.9. The maximum atomic E-state index is 13.9. The smallest absolute Gasteiger partial charge is 0.191 e. The summed E-state index contributed by atoms with van der Waals surface area (Å²) in [7, 11) is 0. The number of guanidine groups is 1. The highest BCUT2D eigenvalue weighted by Gasteiger charge is 2.22. The third-order valence-electron chi connectivity index (χ3n) is 4.14. The molecular formula is C20H21FN4O. The molecule has 1 heterocycles. The molecule has 1 atom stereocenters. The van der Waals surface area contributed by atoms with E-state index in [-0.39, 0.29) is 18.5 Å². The molecule has 0 aliphatic carbocycles. The average molecular weight is 352 g/mol. The first-order chi connectivity index (χ1) is 12.7. The van der Waals surface area contributed by atoms with Crippen molar-refractivity contribution in [1.29, 1.82) is 5.26 Å². The third kappa shape index (κ3) is 4.31. The lowest BCUT2D eigenvalue weighted by atomic mass is 10.1. The van der Waals surface area contributed by atoms with Crippen LogP contribution in [0.2, 0.25) is 0 Å². The van der Waals surface area contributed by atoms with Crippen molar-refractivity contribution in [2.45, 2.75) is 26.0 Å². The minimum atomic E-state index is -0.363. The van der Waals surface area contributed by atoms with Crippen LogP contribution in [0.15, 0.2) is 47.5 Å². The van der Waals surface area contributed by atoms with E-state index in [1.165, 1.54) is 23.8 Å². The summed E-state index contributed by atoms with van der Waals surface area (Å²) in [6.07, 6.45) is 0.886. The Hall–Kier alpha value is -3.07. The second-order valence-corrected chi connectivity index (χ2v) is 6.05. The number of benzene rings is 2. The van der Waals surface area contributed by atoms with Gasteiger partial charge in [0.2, 0.25) is 0 Å². The number of rotatable bonds is 5. The first kappa shape index (κ1) is 17.7. The van der Waals surface area contributed by atoms with E-state index in [0.29, 0.717) is 30.2 Å². The van der Waals surface area contributed by atoms with Crippen molar-refractivity contribution in [3.63, 3.8) is 0 Å². The fourth-order valence-electron chi connectivity index (χ4n) is 2.85. The minimum absolute atomic E-state index is 0.0370. The average Bonchev–Trinajstić information content (AvgIpc) is 3.08. The van der Waals surface area contributed by atoms with Gasteiger partial charge >= 0.3 is 0 Å². The Morgan fingerprint density at radius 1 is 1.31 bits per heavy atom. The summed E-state index contributed by atoms with van der Waals surface area (Å²) in [5.41, 5.74) is 2.02. The van der Waals surface area contributed by atoms with Gasteiger partial charge in [-0.15, -0.1) is 0 Å². The first-order valence-corrected chi connectivity index (χ1v) is 8.65. The van der Waals surface area contributed by atoms with E-state index in [9.17, 15) is 4.39 Å². The molecule has 134 valence electrons. The fraction of sp³-hybridized carbons (Fsp3) is 0.300. The number of nitrogens with one attached hydrogen (secondary N) is 2. The van der Waals surface area contributed by atoms with Crippen molar-refractivity contribution < 1.29 is 9.13 Å². The van der Waals surface area contributed by atoms with Gasteiger partial charge in [0.25, 0.3) is 0 Å². The number of fused-ring (bicyclic) bond motifs is 1. The summed E-state index contributed by atoms with van der Waals surface area (Å²) in [4.78, 5) is 4.42. The monoisotopic (exact) mass is 352 g/mol. The molecule has 0 saturated heterocycles. The van der Waals surface area contributed by atoms with Crippen molar-refractivity contribution in [3.05, 3.63) is 65.0 Å². The number of hydrogen-bond donors (Lipinski definition) is 2. The number of nitrogens with zero attached hydrogens (tertiary/aromatic N) is 2. The molecule has 0 spiro atoms. The van der Waals surface area contributed by atoms with E-state index in [2.05, 4.69) is 21.7 Å². The number of para-hydroxylation sites is 1. The Morgan fingerprint density at radius 2 is 2.15 bits per heavy atom. The molecule has 2 N–H and O–H groups in total. The van der Waals surface area contributed by atoms with Crippen LogP contribution in [-0.2, 0) is 13.0 Å². The van der Waals surface area contributed by atoms with Crippen molar-refractivity contribution in [1.82, 2.24) is 10.6 Å². The van der Waals surface area contributed by atoms with Crippen LogP contribution in [0.25, 0.3) is 0 Å². The number of halogens is 1. The van der Waals surface area contributed by atoms with E-state index in [1.807, 2.05) is 31.2 Å². The van der Waals surface area contributed by atoms with E-state index in [1.54, 1.807) is 0 Å². The van der Waals surface area contributed by atoms with Gasteiger partial charge in [-0.05, 0) is 36.8 Å². The summed E-state index contributed by atoms with van der Waals surface area (Å²) < 4.78 is 19.8. The number of hydrogen-bond acceptors (Lipinski definition) is 3. The Balaban J connectivity index is 1.61. The van der Waals surface area contributed by atoms with Gasteiger partial charge in [0.05, 0.1) is 24.7 Å². The van der Waals surface area contributed by atoms with Crippen molar-refractivity contribution >= 4 is 5.96 Å². The third-order valence-corrected chi connectivity index (χ3v) is 4.14.